The Hall–Kier alpha value is -2.08. The Kier molecular flexibility index (Phi) is 5.99. The number of Topliss-reactive ketones (excluding diaryl/α,β-unsaturated/α-hetero) is 1. The number of rotatable bonds is 8. The largest absolute Gasteiger partial charge is 0.497 e. The minimum atomic E-state index is -1.03. The van der Waals surface area contributed by atoms with Crippen LogP contribution in [-0.4, -0.2) is 43.7 Å². The van der Waals surface area contributed by atoms with Gasteiger partial charge in [-0.15, -0.1) is 0 Å². The molecule has 6 heteroatoms. The topological polar surface area (TPSA) is 84.9 Å². The van der Waals surface area contributed by atoms with Gasteiger partial charge >= 0.3 is 5.97 Å². The Bertz CT molecular complexity index is 486. The summed E-state index contributed by atoms with van der Waals surface area (Å²) in [4.78, 5) is 23.2. The lowest BCUT2D eigenvalue weighted by Crippen LogP contribution is -2.38. The molecular weight excluding hydrogens is 262 g/mol. The molecule has 0 heterocycles. The molecule has 0 aliphatic rings. The number of hydrogen-bond donors (Lipinski definition) is 2. The molecule has 0 saturated heterocycles. The van der Waals surface area contributed by atoms with Gasteiger partial charge in [-0.2, -0.15) is 0 Å². The molecule has 1 aromatic rings. The highest BCUT2D eigenvalue weighted by molar-refractivity contribution is 6.04. The Morgan fingerprint density at radius 3 is 2.50 bits per heavy atom. The summed E-state index contributed by atoms with van der Waals surface area (Å²) in [6.45, 7) is 2.32. The van der Waals surface area contributed by atoms with E-state index in [9.17, 15) is 9.59 Å². The first-order valence-corrected chi connectivity index (χ1v) is 6.24. The molecule has 1 rings (SSSR count). The Balaban J connectivity index is 3.07. The van der Waals surface area contributed by atoms with Gasteiger partial charge in [0.25, 0.3) is 0 Å². The van der Waals surface area contributed by atoms with E-state index in [4.69, 9.17) is 14.6 Å². The molecule has 0 radical (unpaired) electrons. The average Bonchev–Trinajstić information content (AvgIpc) is 2.44. The van der Waals surface area contributed by atoms with Crippen LogP contribution in [0.2, 0.25) is 0 Å². The zero-order valence-corrected chi connectivity index (χ0v) is 11.8. The zero-order valence-electron chi connectivity index (χ0n) is 11.8. The van der Waals surface area contributed by atoms with Crippen LogP contribution >= 0.6 is 0 Å². The van der Waals surface area contributed by atoms with E-state index in [2.05, 4.69) is 5.32 Å². The second-order valence-corrected chi connectivity index (χ2v) is 4.14. The third kappa shape index (κ3) is 3.96. The van der Waals surface area contributed by atoms with Crippen LogP contribution in [0, 0.1) is 0 Å². The van der Waals surface area contributed by atoms with Gasteiger partial charge in [0.1, 0.15) is 11.5 Å². The van der Waals surface area contributed by atoms with E-state index in [1.54, 1.807) is 18.2 Å². The highest BCUT2D eigenvalue weighted by Crippen LogP contribution is 2.26. The molecule has 0 aromatic heterocycles. The molecule has 1 atom stereocenters. The zero-order chi connectivity index (χ0) is 15.1. The van der Waals surface area contributed by atoms with E-state index >= 15 is 0 Å². The predicted molar refractivity (Wildman–Crippen MR) is 73.6 cm³/mol. The van der Waals surface area contributed by atoms with Gasteiger partial charge in [-0.3, -0.25) is 9.59 Å². The molecule has 0 aliphatic carbocycles. The number of likely N-dealkylation sites (N-methyl/N-ethyl adjacent to an activating group) is 1. The Morgan fingerprint density at radius 2 is 2.00 bits per heavy atom. The molecule has 0 spiro atoms. The molecule has 0 bridgehead atoms. The number of ketones is 1. The molecule has 1 unspecified atom stereocenters. The number of nitrogens with one attached hydrogen (secondary N) is 1. The highest BCUT2D eigenvalue weighted by atomic mass is 16.5. The lowest BCUT2D eigenvalue weighted by atomic mass is 10.0. The summed E-state index contributed by atoms with van der Waals surface area (Å²) < 4.78 is 10.2. The number of carbonyl (C=O) groups excluding carboxylic acids is 1. The van der Waals surface area contributed by atoms with Crippen molar-refractivity contribution in [2.45, 2.75) is 19.4 Å². The van der Waals surface area contributed by atoms with Crippen molar-refractivity contribution in [2.75, 3.05) is 20.8 Å². The monoisotopic (exact) mass is 281 g/mol. The van der Waals surface area contributed by atoms with E-state index in [0.29, 0.717) is 23.6 Å². The van der Waals surface area contributed by atoms with Crippen molar-refractivity contribution in [1.82, 2.24) is 5.32 Å². The SMILES string of the molecule is CCNC(CC(=O)O)C(=O)c1ccc(OC)cc1OC. The van der Waals surface area contributed by atoms with Crippen molar-refractivity contribution >= 4 is 11.8 Å². The number of carbonyl (C=O) groups is 2. The van der Waals surface area contributed by atoms with Crippen LogP contribution in [0.3, 0.4) is 0 Å². The van der Waals surface area contributed by atoms with Crippen LogP contribution in [0.1, 0.15) is 23.7 Å². The molecule has 0 saturated carbocycles. The summed E-state index contributed by atoms with van der Waals surface area (Å²) in [6.07, 6.45) is -0.276. The number of carboxylic acid groups (broad SMARTS) is 1. The lowest BCUT2D eigenvalue weighted by molar-refractivity contribution is -0.137. The first-order chi connectivity index (χ1) is 9.53. The third-order valence-electron chi connectivity index (χ3n) is 2.82. The Morgan fingerprint density at radius 1 is 1.30 bits per heavy atom. The minimum Gasteiger partial charge on any atom is -0.497 e. The maximum atomic E-state index is 12.4. The first-order valence-electron chi connectivity index (χ1n) is 6.24. The van der Waals surface area contributed by atoms with E-state index in [0.717, 1.165) is 0 Å². The number of benzene rings is 1. The molecule has 20 heavy (non-hydrogen) atoms. The predicted octanol–water partition coefficient (Wildman–Crippen LogP) is 1.34. The normalized spacial score (nSPS) is 11.8. The molecule has 6 nitrogen and oxygen atoms in total. The fourth-order valence-electron chi connectivity index (χ4n) is 1.87. The van der Waals surface area contributed by atoms with Gasteiger partial charge in [0.05, 0.1) is 32.2 Å². The van der Waals surface area contributed by atoms with Crippen LogP contribution in [0.15, 0.2) is 18.2 Å². The van der Waals surface area contributed by atoms with Crippen molar-refractivity contribution in [1.29, 1.82) is 0 Å². The lowest BCUT2D eigenvalue weighted by Gasteiger charge is -2.16. The number of aliphatic carboxylic acids is 1. The summed E-state index contributed by atoms with van der Waals surface area (Å²) in [5.41, 5.74) is 0.334. The number of ether oxygens (including phenoxy) is 2. The van der Waals surface area contributed by atoms with Crippen LogP contribution in [-0.2, 0) is 4.79 Å². The van der Waals surface area contributed by atoms with Crippen LogP contribution < -0.4 is 14.8 Å². The maximum absolute atomic E-state index is 12.4. The second kappa shape index (κ2) is 7.49. The van der Waals surface area contributed by atoms with E-state index in [1.165, 1.54) is 14.2 Å². The van der Waals surface area contributed by atoms with Crippen molar-refractivity contribution < 1.29 is 24.2 Å². The molecule has 2 N–H and O–H groups in total. The summed E-state index contributed by atoms with van der Waals surface area (Å²) in [5.74, 6) is -0.412. The van der Waals surface area contributed by atoms with Crippen molar-refractivity contribution in [3.05, 3.63) is 23.8 Å². The third-order valence-corrected chi connectivity index (χ3v) is 2.82. The van der Waals surface area contributed by atoms with Gasteiger partial charge in [0.2, 0.25) is 0 Å². The van der Waals surface area contributed by atoms with E-state index < -0.39 is 12.0 Å². The van der Waals surface area contributed by atoms with Crippen LogP contribution in [0.25, 0.3) is 0 Å². The summed E-state index contributed by atoms with van der Waals surface area (Å²) >= 11 is 0. The molecule has 0 fully saturated rings. The fraction of sp³-hybridized carbons (Fsp3) is 0.429. The van der Waals surface area contributed by atoms with Crippen molar-refractivity contribution in [3.8, 4) is 11.5 Å². The van der Waals surface area contributed by atoms with Gasteiger partial charge < -0.3 is 19.9 Å². The van der Waals surface area contributed by atoms with Crippen LogP contribution in [0.4, 0.5) is 0 Å². The minimum absolute atomic E-state index is 0.276. The summed E-state index contributed by atoms with van der Waals surface area (Å²) in [5, 5.41) is 11.7. The summed E-state index contributed by atoms with van der Waals surface area (Å²) in [7, 11) is 2.97. The fourth-order valence-corrected chi connectivity index (χ4v) is 1.87. The van der Waals surface area contributed by atoms with Gasteiger partial charge in [0, 0.05) is 6.07 Å². The van der Waals surface area contributed by atoms with Gasteiger partial charge in [-0.1, -0.05) is 6.92 Å². The quantitative estimate of drug-likeness (QED) is 0.699. The van der Waals surface area contributed by atoms with Crippen molar-refractivity contribution in [3.63, 3.8) is 0 Å². The second-order valence-electron chi connectivity index (χ2n) is 4.14. The highest BCUT2D eigenvalue weighted by Gasteiger charge is 2.24. The van der Waals surface area contributed by atoms with E-state index in [-0.39, 0.29) is 12.2 Å². The summed E-state index contributed by atoms with van der Waals surface area (Å²) in [6, 6.07) is 4.03. The smallest absolute Gasteiger partial charge is 0.305 e. The molecule has 110 valence electrons. The first kappa shape index (κ1) is 16.0. The maximum Gasteiger partial charge on any atom is 0.305 e. The molecule has 0 aliphatic heterocycles. The average molecular weight is 281 g/mol. The standard InChI is InChI=1S/C14H19NO5/c1-4-15-11(8-13(16)17)14(18)10-6-5-9(19-2)7-12(10)20-3/h5-7,11,15H,4,8H2,1-3H3,(H,16,17). The van der Waals surface area contributed by atoms with E-state index in [1.807, 2.05) is 6.92 Å². The van der Waals surface area contributed by atoms with Gasteiger partial charge in [-0.05, 0) is 18.7 Å². The number of methoxy groups -OCH3 is 2. The van der Waals surface area contributed by atoms with Crippen molar-refractivity contribution in [2.24, 2.45) is 0 Å². The Labute approximate surface area is 117 Å². The molecule has 0 amide bonds. The molecule has 1 aromatic carbocycles. The molecular formula is C14H19NO5. The van der Waals surface area contributed by atoms with Gasteiger partial charge in [-0.25, -0.2) is 0 Å². The van der Waals surface area contributed by atoms with Gasteiger partial charge in [0.15, 0.2) is 5.78 Å². The number of hydrogen-bond acceptors (Lipinski definition) is 5. The van der Waals surface area contributed by atoms with Crippen LogP contribution in [0.5, 0.6) is 11.5 Å². The number of carboxylic acids is 1.